The zero-order valence-corrected chi connectivity index (χ0v) is 17.6. The van der Waals surface area contributed by atoms with Gasteiger partial charge in [-0.2, -0.15) is 0 Å². The van der Waals surface area contributed by atoms with Crippen LogP contribution < -0.4 is 10.6 Å². The summed E-state index contributed by atoms with van der Waals surface area (Å²) in [7, 11) is 0. The van der Waals surface area contributed by atoms with Crippen molar-refractivity contribution in [1.29, 1.82) is 0 Å². The molecule has 2 N–H and O–H groups in total. The Balaban J connectivity index is 1.38. The van der Waals surface area contributed by atoms with Gasteiger partial charge in [0.2, 0.25) is 0 Å². The van der Waals surface area contributed by atoms with Crippen molar-refractivity contribution < 1.29 is 28.3 Å². The molecule has 1 aliphatic carbocycles. The van der Waals surface area contributed by atoms with Crippen molar-refractivity contribution in [2.24, 2.45) is 0 Å². The van der Waals surface area contributed by atoms with Crippen molar-refractivity contribution in [2.45, 2.75) is 38.3 Å². The lowest BCUT2D eigenvalue weighted by Gasteiger charge is -2.22. The lowest BCUT2D eigenvalue weighted by atomic mass is 9.92. The van der Waals surface area contributed by atoms with Crippen molar-refractivity contribution in [1.82, 2.24) is 10.2 Å². The molecule has 32 heavy (non-hydrogen) atoms. The average molecular weight is 439 g/mol. The molecule has 4 rings (SSSR count). The highest BCUT2D eigenvalue weighted by Crippen LogP contribution is 2.41. The number of ether oxygens (including phenoxy) is 1. The molecule has 0 bridgehead atoms. The first-order valence-corrected chi connectivity index (χ1v) is 10.2. The summed E-state index contributed by atoms with van der Waals surface area (Å²) in [5.74, 6) is -2.57. The quantitative estimate of drug-likeness (QED) is 0.550. The van der Waals surface area contributed by atoms with Gasteiger partial charge in [0, 0.05) is 5.69 Å². The minimum Gasteiger partial charge on any atom is -0.451 e. The van der Waals surface area contributed by atoms with Crippen LogP contribution >= 0.6 is 0 Å². The van der Waals surface area contributed by atoms with Crippen LogP contribution in [-0.4, -0.2) is 41.4 Å². The van der Waals surface area contributed by atoms with Crippen LogP contribution in [0.15, 0.2) is 42.5 Å². The van der Waals surface area contributed by atoms with Gasteiger partial charge in [-0.3, -0.25) is 19.3 Å². The van der Waals surface area contributed by atoms with E-state index in [1.54, 1.807) is 19.1 Å². The molecule has 0 aromatic heterocycles. The number of aryl methyl sites for hydroxylation is 2. The third-order valence-electron chi connectivity index (χ3n) is 5.83. The van der Waals surface area contributed by atoms with Crippen molar-refractivity contribution in [3.63, 3.8) is 0 Å². The number of halogens is 1. The van der Waals surface area contributed by atoms with Crippen molar-refractivity contribution in [3.05, 3.63) is 65.0 Å². The highest BCUT2D eigenvalue weighted by Gasteiger charge is 2.55. The SMILES string of the molecule is Cc1ccc(NC(=O)[C@@H](C)OC(=O)CN2C(=O)N[C@]3(CCc4ccccc43)C2=O)cc1F. The molecule has 0 saturated carbocycles. The molecule has 2 aliphatic rings. The number of carbonyl (C=O) groups excluding carboxylic acids is 4. The second-order valence-electron chi connectivity index (χ2n) is 7.97. The van der Waals surface area contributed by atoms with Gasteiger partial charge < -0.3 is 15.4 Å². The second kappa shape index (κ2) is 8.07. The molecule has 4 amide bonds. The number of imide groups is 1. The predicted octanol–water partition coefficient (Wildman–Crippen LogP) is 2.40. The first kappa shape index (κ1) is 21.5. The highest BCUT2D eigenvalue weighted by molar-refractivity contribution is 6.09. The van der Waals surface area contributed by atoms with Gasteiger partial charge in [-0.15, -0.1) is 0 Å². The topological polar surface area (TPSA) is 105 Å². The van der Waals surface area contributed by atoms with E-state index in [-0.39, 0.29) is 5.69 Å². The Hall–Kier alpha value is -3.75. The number of nitrogens with zero attached hydrogens (tertiary/aromatic N) is 1. The fraction of sp³-hybridized carbons (Fsp3) is 0.304. The van der Waals surface area contributed by atoms with Crippen LogP contribution in [-0.2, 0) is 31.1 Å². The van der Waals surface area contributed by atoms with E-state index >= 15 is 0 Å². The summed E-state index contributed by atoms with van der Waals surface area (Å²) < 4.78 is 18.7. The molecule has 8 nitrogen and oxygen atoms in total. The number of rotatable bonds is 5. The van der Waals surface area contributed by atoms with Crippen LogP contribution in [0.1, 0.15) is 30.0 Å². The summed E-state index contributed by atoms with van der Waals surface area (Å²) in [6.45, 7) is 2.32. The first-order chi connectivity index (χ1) is 15.2. The molecule has 2 aromatic rings. The van der Waals surface area contributed by atoms with E-state index in [2.05, 4.69) is 10.6 Å². The van der Waals surface area contributed by atoms with Crippen LogP contribution in [0.4, 0.5) is 14.9 Å². The zero-order chi connectivity index (χ0) is 23.0. The molecule has 166 valence electrons. The van der Waals surface area contributed by atoms with E-state index in [9.17, 15) is 23.6 Å². The van der Waals surface area contributed by atoms with Gasteiger partial charge in [-0.25, -0.2) is 9.18 Å². The molecular formula is C23H22FN3O5. The lowest BCUT2D eigenvalue weighted by Crippen LogP contribution is -2.43. The Labute approximate surface area is 183 Å². The van der Waals surface area contributed by atoms with E-state index in [0.717, 1.165) is 22.1 Å². The van der Waals surface area contributed by atoms with Gasteiger partial charge in [-0.1, -0.05) is 30.3 Å². The monoisotopic (exact) mass is 439 g/mol. The van der Waals surface area contributed by atoms with E-state index in [4.69, 9.17) is 4.74 Å². The fourth-order valence-electron chi connectivity index (χ4n) is 4.06. The number of carbonyl (C=O) groups is 4. The number of nitrogens with one attached hydrogen (secondary N) is 2. The maximum Gasteiger partial charge on any atom is 0.327 e. The number of benzene rings is 2. The minimum atomic E-state index is -1.21. The molecule has 1 heterocycles. The number of urea groups is 1. The van der Waals surface area contributed by atoms with Gasteiger partial charge >= 0.3 is 12.0 Å². The van der Waals surface area contributed by atoms with Gasteiger partial charge in [0.15, 0.2) is 6.10 Å². The maximum absolute atomic E-state index is 13.6. The third-order valence-corrected chi connectivity index (χ3v) is 5.83. The minimum absolute atomic E-state index is 0.219. The van der Waals surface area contributed by atoms with Gasteiger partial charge in [0.1, 0.15) is 17.9 Å². The van der Waals surface area contributed by atoms with Gasteiger partial charge in [0.05, 0.1) is 0 Å². The summed E-state index contributed by atoms with van der Waals surface area (Å²) in [4.78, 5) is 51.0. The van der Waals surface area contributed by atoms with Gasteiger partial charge in [-0.05, 0) is 55.5 Å². The molecule has 0 radical (unpaired) electrons. The number of esters is 1. The molecule has 2 aromatic carbocycles. The number of hydrogen-bond acceptors (Lipinski definition) is 5. The summed E-state index contributed by atoms with van der Waals surface area (Å²) >= 11 is 0. The standard InChI is InChI=1S/C23H22FN3O5/c1-13-7-8-16(11-18(13)24)25-20(29)14(2)32-19(28)12-27-21(30)23(26-22(27)31)10-9-15-5-3-4-6-17(15)23/h3-8,11,14H,9-10,12H2,1-2H3,(H,25,29)(H,26,31)/t14-,23+/m1/s1. The van der Waals surface area contributed by atoms with Crippen LogP contribution in [0.2, 0.25) is 0 Å². The summed E-state index contributed by atoms with van der Waals surface area (Å²) in [5, 5.41) is 5.19. The molecule has 1 aliphatic heterocycles. The number of hydrogen-bond donors (Lipinski definition) is 2. The molecule has 0 unspecified atom stereocenters. The maximum atomic E-state index is 13.6. The Morgan fingerprint density at radius 3 is 2.75 bits per heavy atom. The van der Waals surface area contributed by atoms with Crippen LogP contribution in [0, 0.1) is 12.7 Å². The van der Waals surface area contributed by atoms with E-state index in [1.165, 1.54) is 19.1 Å². The largest absolute Gasteiger partial charge is 0.451 e. The number of fused-ring (bicyclic) bond motifs is 2. The van der Waals surface area contributed by atoms with Crippen LogP contribution in [0.5, 0.6) is 0 Å². The normalized spacial score (nSPS) is 20.2. The summed E-state index contributed by atoms with van der Waals surface area (Å²) in [5.41, 5.74) is 1.18. The highest BCUT2D eigenvalue weighted by atomic mass is 19.1. The third kappa shape index (κ3) is 3.70. The van der Waals surface area contributed by atoms with Crippen LogP contribution in [0.25, 0.3) is 0 Å². The predicted molar refractivity (Wildman–Crippen MR) is 112 cm³/mol. The number of anilines is 1. The zero-order valence-electron chi connectivity index (χ0n) is 17.6. The Bertz CT molecular complexity index is 1130. The Kier molecular flexibility index (Phi) is 5.41. The first-order valence-electron chi connectivity index (χ1n) is 10.2. The van der Waals surface area contributed by atoms with Crippen molar-refractivity contribution >= 4 is 29.5 Å². The molecule has 2 atom stereocenters. The summed E-state index contributed by atoms with van der Waals surface area (Å²) in [6.07, 6.45) is -0.167. The molecular weight excluding hydrogens is 417 g/mol. The Morgan fingerprint density at radius 2 is 2.00 bits per heavy atom. The summed E-state index contributed by atoms with van der Waals surface area (Å²) in [6, 6.07) is 10.9. The fourth-order valence-corrected chi connectivity index (χ4v) is 4.06. The average Bonchev–Trinajstić information content (AvgIpc) is 3.24. The number of amides is 4. The molecule has 1 saturated heterocycles. The molecule has 1 spiro atoms. The van der Waals surface area contributed by atoms with E-state index in [0.29, 0.717) is 18.4 Å². The smallest absolute Gasteiger partial charge is 0.327 e. The van der Waals surface area contributed by atoms with Crippen molar-refractivity contribution in [2.75, 3.05) is 11.9 Å². The Morgan fingerprint density at radius 1 is 1.25 bits per heavy atom. The molecule has 1 fully saturated rings. The van der Waals surface area contributed by atoms with E-state index in [1.807, 2.05) is 12.1 Å². The lowest BCUT2D eigenvalue weighted by molar-refractivity contribution is -0.155. The van der Waals surface area contributed by atoms with E-state index < -0.39 is 47.8 Å². The molecule has 9 heteroatoms. The van der Waals surface area contributed by atoms with Gasteiger partial charge in [0.25, 0.3) is 11.8 Å². The second-order valence-corrected chi connectivity index (χ2v) is 7.97. The van der Waals surface area contributed by atoms with Crippen molar-refractivity contribution in [3.8, 4) is 0 Å². The van der Waals surface area contributed by atoms with Crippen LogP contribution in [0.3, 0.4) is 0 Å².